The first-order valence-corrected chi connectivity index (χ1v) is 7.07. The van der Waals surface area contributed by atoms with Crippen LogP contribution in [-0.4, -0.2) is 19.3 Å². The molecule has 0 aliphatic carbocycles. The third kappa shape index (κ3) is 2.72. The molecule has 0 amide bonds. The second-order valence-corrected chi connectivity index (χ2v) is 5.34. The van der Waals surface area contributed by atoms with E-state index in [1.54, 1.807) is 15.6 Å². The molecule has 1 aromatic carbocycles. The quantitative estimate of drug-likeness (QED) is 0.736. The van der Waals surface area contributed by atoms with Crippen LogP contribution in [0.2, 0.25) is 0 Å². The average molecular weight is 282 g/mol. The van der Waals surface area contributed by atoms with Crippen molar-refractivity contribution in [1.29, 1.82) is 0 Å². The molecule has 0 fully saturated rings. The number of hydrogen-bond acceptors (Lipinski definition) is 3. The lowest BCUT2D eigenvalue weighted by molar-refractivity contribution is 0.617. The van der Waals surface area contributed by atoms with Crippen molar-refractivity contribution in [2.24, 2.45) is 7.05 Å². The predicted molar refractivity (Wildman–Crippen MR) is 82.3 cm³/mol. The molecular weight excluding hydrogens is 264 g/mol. The first-order valence-electron chi connectivity index (χ1n) is 7.07. The van der Waals surface area contributed by atoms with Gasteiger partial charge in [-0.1, -0.05) is 12.1 Å². The lowest BCUT2D eigenvalue weighted by Gasteiger charge is -2.07. The number of nitrogens with zero attached hydrogens (tertiary/aromatic N) is 4. The van der Waals surface area contributed by atoms with E-state index in [2.05, 4.69) is 10.1 Å². The molecule has 0 spiro atoms. The number of aryl methyl sites for hydroxylation is 4. The second-order valence-electron chi connectivity index (χ2n) is 5.34. The van der Waals surface area contributed by atoms with Crippen molar-refractivity contribution < 1.29 is 0 Å². The van der Waals surface area contributed by atoms with E-state index < -0.39 is 0 Å². The lowest BCUT2D eigenvalue weighted by Crippen LogP contribution is -2.21. The molecule has 2 heterocycles. The van der Waals surface area contributed by atoms with E-state index in [1.165, 1.54) is 5.56 Å². The Morgan fingerprint density at radius 1 is 1.29 bits per heavy atom. The number of rotatable bonds is 4. The van der Waals surface area contributed by atoms with Gasteiger partial charge >= 0.3 is 0 Å². The topological polar surface area (TPSA) is 52.7 Å². The summed E-state index contributed by atoms with van der Waals surface area (Å²) in [5.41, 5.74) is 2.98. The summed E-state index contributed by atoms with van der Waals surface area (Å²) in [6, 6.07) is 5.76. The molecule has 0 saturated carbocycles. The summed E-state index contributed by atoms with van der Waals surface area (Å²) in [7, 11) is 1.91. The molecule has 3 rings (SSSR count). The monoisotopic (exact) mass is 282 g/mol. The van der Waals surface area contributed by atoms with Gasteiger partial charge in [-0.25, -0.2) is 4.98 Å². The molecule has 0 atom stereocenters. The van der Waals surface area contributed by atoms with Crippen molar-refractivity contribution in [2.45, 2.75) is 26.3 Å². The van der Waals surface area contributed by atoms with Crippen LogP contribution in [0.3, 0.4) is 0 Å². The molecule has 0 unspecified atom stereocenters. The summed E-state index contributed by atoms with van der Waals surface area (Å²) in [6.07, 6.45) is 7.32. The minimum atomic E-state index is 0.0456. The highest BCUT2D eigenvalue weighted by molar-refractivity contribution is 5.80. The van der Waals surface area contributed by atoms with Gasteiger partial charge in [0.25, 0.3) is 5.56 Å². The van der Waals surface area contributed by atoms with E-state index in [-0.39, 0.29) is 5.56 Å². The zero-order chi connectivity index (χ0) is 14.8. The van der Waals surface area contributed by atoms with E-state index in [0.717, 1.165) is 29.3 Å². The van der Waals surface area contributed by atoms with Crippen LogP contribution in [0, 0.1) is 6.92 Å². The Kier molecular flexibility index (Phi) is 3.56. The van der Waals surface area contributed by atoms with Crippen molar-refractivity contribution in [2.75, 3.05) is 0 Å². The summed E-state index contributed by atoms with van der Waals surface area (Å²) < 4.78 is 3.49. The van der Waals surface area contributed by atoms with Crippen LogP contribution in [0.15, 0.2) is 41.7 Å². The van der Waals surface area contributed by atoms with Crippen LogP contribution in [0.1, 0.15) is 17.5 Å². The molecule has 0 radical (unpaired) electrons. The highest BCUT2D eigenvalue weighted by atomic mass is 16.1. The summed E-state index contributed by atoms with van der Waals surface area (Å²) in [5, 5.41) is 4.87. The molecule has 21 heavy (non-hydrogen) atoms. The first kappa shape index (κ1) is 13.5. The van der Waals surface area contributed by atoms with E-state index in [1.807, 2.05) is 44.6 Å². The fraction of sp³-hybridized carbons (Fsp3) is 0.312. The maximum absolute atomic E-state index is 12.5. The van der Waals surface area contributed by atoms with Gasteiger partial charge in [0.1, 0.15) is 0 Å². The molecule has 0 N–H and O–H groups in total. The third-order valence-corrected chi connectivity index (χ3v) is 3.68. The largest absolute Gasteiger partial charge is 0.299 e. The van der Waals surface area contributed by atoms with Crippen LogP contribution >= 0.6 is 0 Å². The van der Waals surface area contributed by atoms with Gasteiger partial charge in [0.2, 0.25) is 0 Å². The van der Waals surface area contributed by atoms with E-state index in [4.69, 9.17) is 0 Å². The van der Waals surface area contributed by atoms with Crippen LogP contribution in [0.4, 0.5) is 0 Å². The van der Waals surface area contributed by atoms with E-state index >= 15 is 0 Å². The number of aromatic nitrogens is 4. The molecular formula is C16H18N4O. The Bertz CT molecular complexity index is 832. The Hall–Kier alpha value is -2.43. The highest BCUT2D eigenvalue weighted by Gasteiger charge is 2.06. The molecule has 5 heteroatoms. The minimum Gasteiger partial charge on any atom is -0.299 e. The molecule has 0 saturated heterocycles. The normalized spacial score (nSPS) is 11.1. The Labute approximate surface area is 122 Å². The zero-order valence-electron chi connectivity index (χ0n) is 12.3. The minimum absolute atomic E-state index is 0.0456. The number of fused-ring (bicyclic) bond motifs is 1. The van der Waals surface area contributed by atoms with Gasteiger partial charge in [0, 0.05) is 19.8 Å². The molecule has 2 aromatic heterocycles. The van der Waals surface area contributed by atoms with Crippen molar-refractivity contribution in [1.82, 2.24) is 19.3 Å². The van der Waals surface area contributed by atoms with Crippen molar-refractivity contribution in [3.05, 3.63) is 58.4 Å². The maximum Gasteiger partial charge on any atom is 0.261 e. The predicted octanol–water partition coefficient (Wildman–Crippen LogP) is 2.07. The van der Waals surface area contributed by atoms with E-state index in [0.29, 0.717) is 6.54 Å². The molecule has 5 nitrogen and oxygen atoms in total. The van der Waals surface area contributed by atoms with Crippen LogP contribution in [-0.2, 0) is 20.0 Å². The van der Waals surface area contributed by atoms with Crippen LogP contribution < -0.4 is 5.56 Å². The molecule has 0 aliphatic heterocycles. The summed E-state index contributed by atoms with van der Waals surface area (Å²) in [5.74, 6) is 0. The standard InChI is InChI=1S/C16H18N4O/c1-12-5-3-7-14-15(12)16(21)20(11-17-14)8-4-6-13-9-18-19(2)10-13/h3,5,7,9-11H,4,6,8H2,1-2H3. The fourth-order valence-electron chi connectivity index (χ4n) is 2.58. The zero-order valence-corrected chi connectivity index (χ0v) is 12.3. The summed E-state index contributed by atoms with van der Waals surface area (Å²) in [6.45, 7) is 2.62. The fourth-order valence-corrected chi connectivity index (χ4v) is 2.58. The Morgan fingerprint density at radius 3 is 2.90 bits per heavy atom. The van der Waals surface area contributed by atoms with Crippen molar-refractivity contribution in [3.63, 3.8) is 0 Å². The highest BCUT2D eigenvalue weighted by Crippen LogP contribution is 2.11. The summed E-state index contributed by atoms with van der Waals surface area (Å²) >= 11 is 0. The van der Waals surface area contributed by atoms with Gasteiger partial charge in [0.15, 0.2) is 0 Å². The smallest absolute Gasteiger partial charge is 0.261 e. The van der Waals surface area contributed by atoms with Gasteiger partial charge in [-0.2, -0.15) is 5.10 Å². The number of hydrogen-bond donors (Lipinski definition) is 0. The molecule has 108 valence electrons. The van der Waals surface area contributed by atoms with Crippen molar-refractivity contribution >= 4 is 10.9 Å². The van der Waals surface area contributed by atoms with Gasteiger partial charge in [-0.15, -0.1) is 0 Å². The second kappa shape index (κ2) is 5.52. The van der Waals surface area contributed by atoms with Gasteiger partial charge < -0.3 is 0 Å². The average Bonchev–Trinajstić information content (AvgIpc) is 2.87. The van der Waals surface area contributed by atoms with Crippen LogP contribution in [0.5, 0.6) is 0 Å². The van der Waals surface area contributed by atoms with Gasteiger partial charge in [0.05, 0.1) is 23.4 Å². The molecule has 0 bridgehead atoms. The van der Waals surface area contributed by atoms with Crippen molar-refractivity contribution in [3.8, 4) is 0 Å². The third-order valence-electron chi connectivity index (χ3n) is 3.68. The van der Waals surface area contributed by atoms with Gasteiger partial charge in [-0.05, 0) is 37.0 Å². The Morgan fingerprint density at radius 2 is 2.14 bits per heavy atom. The maximum atomic E-state index is 12.5. The van der Waals surface area contributed by atoms with Crippen LogP contribution in [0.25, 0.3) is 10.9 Å². The first-order chi connectivity index (χ1) is 10.1. The lowest BCUT2D eigenvalue weighted by atomic mass is 10.1. The molecule has 0 aliphatic rings. The van der Waals surface area contributed by atoms with Gasteiger partial charge in [-0.3, -0.25) is 14.0 Å². The van der Waals surface area contributed by atoms with E-state index in [9.17, 15) is 4.79 Å². The Balaban J connectivity index is 1.80. The molecule has 3 aromatic rings. The SMILES string of the molecule is Cc1cccc2ncn(CCCc3cnn(C)c3)c(=O)c12. The summed E-state index contributed by atoms with van der Waals surface area (Å²) in [4.78, 5) is 16.9. The number of benzene rings is 1.